The number of ether oxygens (including phenoxy) is 1. The minimum atomic E-state index is -0.148. The lowest BCUT2D eigenvalue weighted by atomic mass is 9.88. The smallest absolute Gasteiger partial charge is 0.254 e. The Hall–Kier alpha value is -2.17. The molecule has 4 heteroatoms. The normalized spacial score (nSPS) is 20.9. The highest BCUT2D eigenvalue weighted by Gasteiger charge is 2.52. The van der Waals surface area contributed by atoms with Crippen LogP contribution in [0.15, 0.2) is 48.5 Å². The number of benzene rings is 2. The first-order valence-corrected chi connectivity index (χ1v) is 9.70. The molecule has 2 heterocycles. The number of amides is 1. The van der Waals surface area contributed by atoms with E-state index in [1.807, 2.05) is 29.2 Å². The Bertz CT molecular complexity index is 828. The molecule has 0 saturated carbocycles. The van der Waals surface area contributed by atoms with Crippen LogP contribution in [0, 0.1) is 13.8 Å². The second-order valence-corrected chi connectivity index (χ2v) is 8.21. The summed E-state index contributed by atoms with van der Waals surface area (Å²) in [6, 6.07) is 16.9. The van der Waals surface area contributed by atoms with Gasteiger partial charge in [-0.15, -0.1) is 0 Å². The van der Waals surface area contributed by atoms with Crippen LogP contribution in [0.2, 0.25) is 0 Å². The summed E-state index contributed by atoms with van der Waals surface area (Å²) in [6.07, 6.45) is 0.993. The predicted molar refractivity (Wildman–Crippen MR) is 107 cm³/mol. The molecule has 4 nitrogen and oxygen atoms in total. The second-order valence-electron chi connectivity index (χ2n) is 8.21. The summed E-state index contributed by atoms with van der Waals surface area (Å²) in [5, 5.41) is 0. The molecule has 1 atom stereocenters. The third kappa shape index (κ3) is 3.64. The van der Waals surface area contributed by atoms with Crippen molar-refractivity contribution in [3.63, 3.8) is 0 Å². The van der Waals surface area contributed by atoms with Crippen LogP contribution in [0.1, 0.15) is 33.5 Å². The van der Waals surface area contributed by atoms with Gasteiger partial charge in [0.15, 0.2) is 0 Å². The minimum absolute atomic E-state index is 0.119. The second kappa shape index (κ2) is 7.10. The molecule has 2 aliphatic heterocycles. The molecule has 0 N–H and O–H groups in total. The van der Waals surface area contributed by atoms with Crippen molar-refractivity contribution in [2.24, 2.45) is 0 Å². The lowest BCUT2D eigenvalue weighted by molar-refractivity contribution is -0.0950. The molecule has 2 aromatic carbocycles. The molecule has 1 unspecified atom stereocenters. The van der Waals surface area contributed by atoms with Crippen LogP contribution in [0.3, 0.4) is 0 Å². The summed E-state index contributed by atoms with van der Waals surface area (Å²) in [7, 11) is 2.16. The Balaban J connectivity index is 1.33. The number of hydrogen-bond donors (Lipinski definition) is 0. The summed E-state index contributed by atoms with van der Waals surface area (Å²) >= 11 is 0. The largest absolute Gasteiger partial charge is 0.370 e. The van der Waals surface area contributed by atoms with E-state index in [2.05, 4.69) is 50.1 Å². The van der Waals surface area contributed by atoms with Crippen molar-refractivity contribution in [3.8, 4) is 0 Å². The molecule has 142 valence electrons. The monoisotopic (exact) mass is 364 g/mol. The molecule has 2 fully saturated rings. The molecule has 1 spiro atoms. The standard InChI is InChI=1S/C23H28N2O2/c1-17-9-10-20(11-18(17)2)22(26)25-15-23(16-25)12-21(14-27-23)24(3)13-19-7-5-4-6-8-19/h4-11,21H,12-16H2,1-3H3. The summed E-state index contributed by atoms with van der Waals surface area (Å²) in [5.41, 5.74) is 4.33. The first-order valence-electron chi connectivity index (χ1n) is 9.70. The lowest BCUT2D eigenvalue weighted by Crippen LogP contribution is -2.63. The van der Waals surface area contributed by atoms with Gasteiger partial charge in [-0.3, -0.25) is 9.69 Å². The van der Waals surface area contributed by atoms with E-state index in [0.29, 0.717) is 19.1 Å². The average molecular weight is 364 g/mol. The Morgan fingerprint density at radius 2 is 1.89 bits per heavy atom. The van der Waals surface area contributed by atoms with E-state index < -0.39 is 0 Å². The van der Waals surface area contributed by atoms with E-state index in [-0.39, 0.29) is 11.5 Å². The summed E-state index contributed by atoms with van der Waals surface area (Å²) in [5.74, 6) is 0.119. The summed E-state index contributed by atoms with van der Waals surface area (Å²) < 4.78 is 6.17. The third-order valence-electron chi connectivity index (χ3n) is 6.09. The SMILES string of the molecule is Cc1ccc(C(=O)N2CC3(CC(N(C)Cc4ccccc4)CO3)C2)cc1C. The maximum absolute atomic E-state index is 12.7. The molecule has 27 heavy (non-hydrogen) atoms. The zero-order chi connectivity index (χ0) is 19.0. The average Bonchev–Trinajstić information content (AvgIpc) is 3.09. The highest BCUT2D eigenvalue weighted by atomic mass is 16.5. The van der Waals surface area contributed by atoms with E-state index >= 15 is 0 Å². The van der Waals surface area contributed by atoms with Crippen LogP contribution in [0.5, 0.6) is 0 Å². The van der Waals surface area contributed by atoms with Gasteiger partial charge in [0.05, 0.1) is 19.7 Å². The van der Waals surface area contributed by atoms with Gasteiger partial charge >= 0.3 is 0 Å². The molecule has 0 aromatic heterocycles. The number of rotatable bonds is 4. The fourth-order valence-electron chi connectivity index (χ4n) is 4.17. The van der Waals surface area contributed by atoms with Crippen LogP contribution in [-0.4, -0.2) is 54.1 Å². The van der Waals surface area contributed by atoms with Gasteiger partial charge in [-0.2, -0.15) is 0 Å². The third-order valence-corrected chi connectivity index (χ3v) is 6.09. The van der Waals surface area contributed by atoms with Gasteiger partial charge in [0.2, 0.25) is 0 Å². The number of carbonyl (C=O) groups is 1. The predicted octanol–water partition coefficient (Wildman–Crippen LogP) is 3.42. The van der Waals surface area contributed by atoms with Crippen LogP contribution in [0.4, 0.5) is 0 Å². The molecule has 2 aliphatic rings. The topological polar surface area (TPSA) is 32.8 Å². The highest BCUT2D eigenvalue weighted by molar-refractivity contribution is 5.95. The first kappa shape index (κ1) is 18.2. The molecule has 1 amide bonds. The molecular weight excluding hydrogens is 336 g/mol. The molecule has 2 saturated heterocycles. The zero-order valence-electron chi connectivity index (χ0n) is 16.4. The van der Waals surface area contributed by atoms with Gasteiger partial charge in [-0.1, -0.05) is 36.4 Å². The number of hydrogen-bond acceptors (Lipinski definition) is 3. The Morgan fingerprint density at radius 1 is 1.15 bits per heavy atom. The van der Waals surface area contributed by atoms with Crippen LogP contribution in [0.25, 0.3) is 0 Å². The van der Waals surface area contributed by atoms with Crippen molar-refractivity contribution in [2.75, 3.05) is 26.7 Å². The molecule has 4 rings (SSSR count). The van der Waals surface area contributed by atoms with Gasteiger partial charge < -0.3 is 9.64 Å². The fourth-order valence-corrected chi connectivity index (χ4v) is 4.17. The number of nitrogens with zero attached hydrogens (tertiary/aromatic N) is 2. The number of aryl methyl sites for hydroxylation is 2. The van der Waals surface area contributed by atoms with Gasteiger partial charge in [-0.25, -0.2) is 0 Å². The van der Waals surface area contributed by atoms with E-state index in [4.69, 9.17) is 4.74 Å². The lowest BCUT2D eigenvalue weighted by Gasteiger charge is -2.47. The summed E-state index contributed by atoms with van der Waals surface area (Å²) in [6.45, 7) is 7.20. The van der Waals surface area contributed by atoms with E-state index in [1.165, 1.54) is 11.1 Å². The number of carbonyl (C=O) groups excluding carboxylic acids is 1. The van der Waals surface area contributed by atoms with Gasteiger partial charge in [-0.05, 0) is 56.1 Å². The molecule has 0 bridgehead atoms. The number of likely N-dealkylation sites (N-methyl/N-ethyl adjacent to an activating group) is 1. The molecule has 0 radical (unpaired) electrons. The quantitative estimate of drug-likeness (QED) is 0.833. The molecule has 0 aliphatic carbocycles. The van der Waals surface area contributed by atoms with Crippen molar-refractivity contribution in [3.05, 3.63) is 70.8 Å². The van der Waals surface area contributed by atoms with Crippen LogP contribution in [-0.2, 0) is 11.3 Å². The highest BCUT2D eigenvalue weighted by Crippen LogP contribution is 2.37. The molecule has 2 aromatic rings. The minimum Gasteiger partial charge on any atom is -0.370 e. The van der Waals surface area contributed by atoms with E-state index in [1.54, 1.807) is 0 Å². The van der Waals surface area contributed by atoms with Crippen molar-refractivity contribution in [2.45, 2.75) is 38.5 Å². The van der Waals surface area contributed by atoms with Crippen molar-refractivity contribution in [1.29, 1.82) is 0 Å². The van der Waals surface area contributed by atoms with E-state index in [0.717, 1.165) is 30.7 Å². The van der Waals surface area contributed by atoms with Gasteiger partial charge in [0.25, 0.3) is 5.91 Å². The van der Waals surface area contributed by atoms with Gasteiger partial charge in [0, 0.05) is 18.2 Å². The number of likely N-dealkylation sites (tertiary alicyclic amines) is 1. The first-order chi connectivity index (χ1) is 13.0. The Morgan fingerprint density at radius 3 is 2.59 bits per heavy atom. The zero-order valence-corrected chi connectivity index (χ0v) is 16.4. The maximum atomic E-state index is 12.7. The van der Waals surface area contributed by atoms with Crippen molar-refractivity contribution < 1.29 is 9.53 Å². The van der Waals surface area contributed by atoms with Crippen LogP contribution < -0.4 is 0 Å². The Kier molecular flexibility index (Phi) is 4.79. The summed E-state index contributed by atoms with van der Waals surface area (Å²) in [4.78, 5) is 17.0. The van der Waals surface area contributed by atoms with Crippen LogP contribution >= 0.6 is 0 Å². The maximum Gasteiger partial charge on any atom is 0.254 e. The van der Waals surface area contributed by atoms with Gasteiger partial charge in [0.1, 0.15) is 5.60 Å². The van der Waals surface area contributed by atoms with Crippen molar-refractivity contribution in [1.82, 2.24) is 9.80 Å². The Labute approximate surface area is 161 Å². The van der Waals surface area contributed by atoms with Crippen molar-refractivity contribution >= 4 is 5.91 Å². The molecular formula is C23H28N2O2. The fraction of sp³-hybridized carbons (Fsp3) is 0.435. The van der Waals surface area contributed by atoms with E-state index in [9.17, 15) is 4.79 Å².